The van der Waals surface area contributed by atoms with Crippen LogP contribution in [0, 0.1) is 0 Å². The smallest absolute Gasteiger partial charge is 0.125 e. The Hall–Kier alpha value is -0.540. The van der Waals surface area contributed by atoms with Crippen LogP contribution >= 0.6 is 15.9 Å². The summed E-state index contributed by atoms with van der Waals surface area (Å²) in [6.45, 7) is 5.45. The Bertz CT molecular complexity index is 380. The highest BCUT2D eigenvalue weighted by Crippen LogP contribution is 2.39. The molecule has 1 aliphatic rings. The van der Waals surface area contributed by atoms with Crippen LogP contribution in [0.3, 0.4) is 0 Å². The van der Waals surface area contributed by atoms with Crippen LogP contribution in [0.5, 0.6) is 5.75 Å². The molecule has 0 fully saturated rings. The molecule has 0 radical (unpaired) electrons. The standard InChI is InChI=1S/C14H20BrNO/c1-3-5-12-14(16-8-4-2)11-7-6-10(15)9-13(11)17-12/h6-7,9,12,14,16H,3-5,8H2,1-2H3. The van der Waals surface area contributed by atoms with Gasteiger partial charge in [-0.2, -0.15) is 0 Å². The Kier molecular flexibility index (Phi) is 4.46. The van der Waals surface area contributed by atoms with E-state index in [0.717, 1.165) is 36.0 Å². The number of hydrogen-bond acceptors (Lipinski definition) is 2. The zero-order valence-electron chi connectivity index (χ0n) is 10.5. The lowest BCUT2D eigenvalue weighted by Crippen LogP contribution is -2.31. The highest BCUT2D eigenvalue weighted by molar-refractivity contribution is 9.10. The molecule has 0 spiro atoms. The molecule has 0 amide bonds. The summed E-state index contributed by atoms with van der Waals surface area (Å²) in [5.41, 5.74) is 1.31. The van der Waals surface area contributed by atoms with E-state index in [-0.39, 0.29) is 6.10 Å². The number of ether oxygens (including phenoxy) is 1. The molecule has 0 aromatic heterocycles. The second kappa shape index (κ2) is 5.87. The van der Waals surface area contributed by atoms with E-state index in [1.807, 2.05) is 0 Å². The molecule has 0 saturated heterocycles. The Balaban J connectivity index is 2.19. The molecule has 0 aliphatic carbocycles. The van der Waals surface area contributed by atoms with Gasteiger partial charge < -0.3 is 10.1 Å². The first-order chi connectivity index (χ1) is 8.26. The maximum absolute atomic E-state index is 6.05. The minimum Gasteiger partial charge on any atom is -0.488 e. The Morgan fingerprint density at radius 1 is 1.29 bits per heavy atom. The van der Waals surface area contributed by atoms with Crippen molar-refractivity contribution in [1.29, 1.82) is 0 Å². The van der Waals surface area contributed by atoms with E-state index in [1.165, 1.54) is 5.56 Å². The first kappa shape index (κ1) is 12.9. The number of hydrogen-bond donors (Lipinski definition) is 1. The molecule has 1 aliphatic heterocycles. The van der Waals surface area contributed by atoms with Crippen molar-refractivity contribution in [1.82, 2.24) is 5.32 Å². The second-order valence-corrected chi connectivity index (χ2v) is 5.47. The van der Waals surface area contributed by atoms with Crippen molar-refractivity contribution in [3.05, 3.63) is 28.2 Å². The predicted octanol–water partition coefficient (Wildman–Crippen LogP) is 4.05. The topological polar surface area (TPSA) is 21.3 Å². The van der Waals surface area contributed by atoms with Gasteiger partial charge in [0, 0.05) is 10.0 Å². The summed E-state index contributed by atoms with van der Waals surface area (Å²) in [4.78, 5) is 0. The minimum absolute atomic E-state index is 0.288. The number of benzene rings is 1. The number of nitrogens with one attached hydrogen (secondary N) is 1. The first-order valence-corrected chi connectivity index (χ1v) is 7.25. The van der Waals surface area contributed by atoms with Gasteiger partial charge >= 0.3 is 0 Å². The van der Waals surface area contributed by atoms with Gasteiger partial charge in [0.2, 0.25) is 0 Å². The predicted molar refractivity (Wildman–Crippen MR) is 74.5 cm³/mol. The van der Waals surface area contributed by atoms with Crippen molar-refractivity contribution >= 4 is 15.9 Å². The van der Waals surface area contributed by atoms with Crippen LogP contribution in [-0.4, -0.2) is 12.6 Å². The van der Waals surface area contributed by atoms with Gasteiger partial charge in [-0.1, -0.05) is 42.3 Å². The summed E-state index contributed by atoms with van der Waals surface area (Å²) in [6.07, 6.45) is 3.70. The molecule has 94 valence electrons. The molecule has 17 heavy (non-hydrogen) atoms. The van der Waals surface area contributed by atoms with Gasteiger partial charge in [0.05, 0.1) is 6.04 Å². The van der Waals surface area contributed by atoms with Crippen molar-refractivity contribution in [2.45, 2.75) is 45.3 Å². The highest BCUT2D eigenvalue weighted by atomic mass is 79.9. The van der Waals surface area contributed by atoms with Crippen molar-refractivity contribution in [2.75, 3.05) is 6.54 Å². The molecular weight excluding hydrogens is 278 g/mol. The maximum atomic E-state index is 6.05. The summed E-state index contributed by atoms with van der Waals surface area (Å²) in [6, 6.07) is 6.70. The van der Waals surface area contributed by atoms with Gasteiger partial charge in [0.1, 0.15) is 11.9 Å². The maximum Gasteiger partial charge on any atom is 0.125 e. The van der Waals surface area contributed by atoms with Crippen LogP contribution in [0.2, 0.25) is 0 Å². The molecule has 3 heteroatoms. The van der Waals surface area contributed by atoms with Gasteiger partial charge in [-0.3, -0.25) is 0 Å². The molecular formula is C14H20BrNO. The summed E-state index contributed by atoms with van der Waals surface area (Å²) in [7, 11) is 0. The third kappa shape index (κ3) is 2.83. The van der Waals surface area contributed by atoms with E-state index in [9.17, 15) is 0 Å². The molecule has 0 bridgehead atoms. The van der Waals surface area contributed by atoms with Crippen molar-refractivity contribution < 1.29 is 4.74 Å². The lowest BCUT2D eigenvalue weighted by Gasteiger charge is -2.19. The van der Waals surface area contributed by atoms with E-state index in [2.05, 4.69) is 53.3 Å². The number of fused-ring (bicyclic) bond motifs is 1. The van der Waals surface area contributed by atoms with Gasteiger partial charge in [0.25, 0.3) is 0 Å². The highest BCUT2D eigenvalue weighted by Gasteiger charge is 2.33. The fraction of sp³-hybridized carbons (Fsp3) is 0.571. The molecule has 2 unspecified atom stereocenters. The van der Waals surface area contributed by atoms with E-state index in [0.29, 0.717) is 6.04 Å². The minimum atomic E-state index is 0.288. The first-order valence-electron chi connectivity index (χ1n) is 6.45. The van der Waals surface area contributed by atoms with E-state index < -0.39 is 0 Å². The lowest BCUT2D eigenvalue weighted by molar-refractivity contribution is 0.178. The van der Waals surface area contributed by atoms with E-state index in [4.69, 9.17) is 4.74 Å². The summed E-state index contributed by atoms with van der Waals surface area (Å²) in [5, 5.41) is 3.60. The molecule has 2 nitrogen and oxygen atoms in total. The van der Waals surface area contributed by atoms with Crippen LogP contribution in [-0.2, 0) is 0 Å². The SMILES string of the molecule is CCCNC1c2ccc(Br)cc2OC1CCC. The van der Waals surface area contributed by atoms with E-state index >= 15 is 0 Å². The second-order valence-electron chi connectivity index (χ2n) is 4.56. The van der Waals surface area contributed by atoms with E-state index in [1.54, 1.807) is 0 Å². The average molecular weight is 298 g/mol. The lowest BCUT2D eigenvalue weighted by atomic mass is 10.0. The third-order valence-electron chi connectivity index (χ3n) is 3.15. The zero-order chi connectivity index (χ0) is 12.3. The monoisotopic (exact) mass is 297 g/mol. The average Bonchev–Trinajstić information content (AvgIpc) is 2.63. The van der Waals surface area contributed by atoms with Gasteiger partial charge in [-0.15, -0.1) is 0 Å². The van der Waals surface area contributed by atoms with Crippen molar-refractivity contribution in [3.63, 3.8) is 0 Å². The van der Waals surface area contributed by atoms with Gasteiger partial charge in [-0.05, 0) is 31.5 Å². The normalized spacial score (nSPS) is 22.3. The molecule has 2 atom stereocenters. The Morgan fingerprint density at radius 2 is 2.12 bits per heavy atom. The van der Waals surface area contributed by atoms with Crippen molar-refractivity contribution in [3.8, 4) is 5.75 Å². The quantitative estimate of drug-likeness (QED) is 0.885. The van der Waals surface area contributed by atoms with Crippen LogP contribution in [0.25, 0.3) is 0 Å². The third-order valence-corrected chi connectivity index (χ3v) is 3.64. The Labute approximate surface area is 112 Å². The molecule has 0 saturated carbocycles. The van der Waals surface area contributed by atoms with Gasteiger partial charge in [-0.25, -0.2) is 0 Å². The fourth-order valence-corrected chi connectivity index (χ4v) is 2.69. The zero-order valence-corrected chi connectivity index (χ0v) is 12.1. The Morgan fingerprint density at radius 3 is 2.82 bits per heavy atom. The molecule has 1 N–H and O–H groups in total. The summed E-state index contributed by atoms with van der Waals surface area (Å²) in [5.74, 6) is 1.03. The van der Waals surface area contributed by atoms with Gasteiger partial charge in [0.15, 0.2) is 0 Å². The van der Waals surface area contributed by atoms with Crippen LogP contribution in [0.15, 0.2) is 22.7 Å². The van der Waals surface area contributed by atoms with Crippen molar-refractivity contribution in [2.24, 2.45) is 0 Å². The van der Waals surface area contributed by atoms with Crippen LogP contribution < -0.4 is 10.1 Å². The number of rotatable bonds is 5. The molecule has 1 aromatic rings. The molecule has 1 heterocycles. The van der Waals surface area contributed by atoms with Crippen LogP contribution in [0.1, 0.15) is 44.7 Å². The molecule has 2 rings (SSSR count). The number of halogens is 1. The summed E-state index contributed by atoms with van der Waals surface area (Å²) >= 11 is 3.50. The summed E-state index contributed by atoms with van der Waals surface area (Å²) < 4.78 is 7.13. The largest absolute Gasteiger partial charge is 0.488 e. The molecule has 1 aromatic carbocycles. The fourth-order valence-electron chi connectivity index (χ4n) is 2.35. The van der Waals surface area contributed by atoms with Crippen LogP contribution in [0.4, 0.5) is 0 Å².